The molecule has 0 aliphatic carbocycles. The molecule has 0 atom stereocenters. The van der Waals surface area contributed by atoms with Crippen LogP contribution >= 0.6 is 0 Å². The van der Waals surface area contributed by atoms with Crippen molar-refractivity contribution in [1.29, 1.82) is 0 Å². The lowest BCUT2D eigenvalue weighted by Gasteiger charge is -2.17. The van der Waals surface area contributed by atoms with Gasteiger partial charge in [0.25, 0.3) is 0 Å². The summed E-state index contributed by atoms with van der Waals surface area (Å²) in [6.45, 7) is 13.7. The fourth-order valence-electron chi connectivity index (χ4n) is 4.78. The molecule has 0 saturated heterocycles. The lowest BCUT2D eigenvalue weighted by molar-refractivity contribution is 0.0697. The van der Waals surface area contributed by atoms with Gasteiger partial charge < -0.3 is 10.4 Å². The number of benzene rings is 4. The smallest absolute Gasteiger partial charge is 0.336 e. The lowest BCUT2D eigenvalue weighted by Crippen LogP contribution is -2.11. The molecule has 198 valence electrons. The Morgan fingerprint density at radius 3 is 2.23 bits per heavy atom. The van der Waals surface area contributed by atoms with E-state index < -0.39 is 5.97 Å². The molecule has 0 unspecified atom stereocenters. The van der Waals surface area contributed by atoms with Crippen LogP contribution < -0.4 is 5.32 Å². The Balaban J connectivity index is 1.50. The molecule has 3 heteroatoms. The molecule has 0 heterocycles. The van der Waals surface area contributed by atoms with Crippen LogP contribution in [0.25, 0.3) is 22.4 Å². The average Bonchev–Trinajstić information content (AvgIpc) is 2.94. The molecule has 0 amide bonds. The molecule has 0 aromatic heterocycles. The Kier molecular flexibility index (Phi) is 8.83. The first-order chi connectivity index (χ1) is 18.7. The topological polar surface area (TPSA) is 49.3 Å². The maximum Gasteiger partial charge on any atom is 0.336 e. The first kappa shape index (κ1) is 27.7. The second-order valence-electron chi connectivity index (χ2n) is 10.4. The molecular weight excluding hydrogens is 478 g/mol. The number of hydrogen-bond acceptors (Lipinski definition) is 2. The van der Waals surface area contributed by atoms with Gasteiger partial charge >= 0.3 is 5.97 Å². The van der Waals surface area contributed by atoms with Gasteiger partial charge in [0.2, 0.25) is 0 Å². The zero-order valence-electron chi connectivity index (χ0n) is 23.3. The first-order valence-corrected chi connectivity index (χ1v) is 13.4. The van der Waals surface area contributed by atoms with Crippen LogP contribution in [0.3, 0.4) is 0 Å². The molecular formula is C36H37NO2. The summed E-state index contributed by atoms with van der Waals surface area (Å²) in [6, 6.07) is 30.6. The molecule has 0 bridgehead atoms. The summed E-state index contributed by atoms with van der Waals surface area (Å²) in [5.74, 6) is -0.909. The summed E-state index contributed by atoms with van der Waals surface area (Å²) >= 11 is 0. The van der Waals surface area contributed by atoms with Crippen molar-refractivity contribution in [2.24, 2.45) is 0 Å². The second kappa shape index (κ2) is 12.4. The monoisotopic (exact) mass is 515 g/mol. The third-order valence-electron chi connectivity index (χ3n) is 7.31. The summed E-state index contributed by atoms with van der Waals surface area (Å²) < 4.78 is 0. The zero-order chi connectivity index (χ0) is 27.9. The van der Waals surface area contributed by atoms with E-state index in [0.717, 1.165) is 41.8 Å². The molecule has 39 heavy (non-hydrogen) atoms. The lowest BCUT2D eigenvalue weighted by atomic mass is 9.91. The predicted octanol–water partition coefficient (Wildman–Crippen LogP) is 8.72. The molecule has 0 fully saturated rings. The van der Waals surface area contributed by atoms with Crippen molar-refractivity contribution in [2.75, 3.05) is 0 Å². The number of hydrogen-bond donors (Lipinski definition) is 2. The number of rotatable bonds is 10. The maximum absolute atomic E-state index is 11.6. The molecule has 0 aliphatic heterocycles. The standard InChI is InChI=1S/C36H37NO2/c1-24(2)26(4)35-22-32(27(5)37-23-29-10-8-9-25(3)21-29)20-19-31(35)18-15-28-13-16-30(17-14-28)33-11-6-7-12-34(33)36(38)39/h6-14,16-17,19-22,37H,5,15,18,23H2,1-4H3,(H,38,39). The van der Waals surface area contributed by atoms with Gasteiger partial charge in [-0.25, -0.2) is 4.79 Å². The molecule has 0 saturated carbocycles. The number of allylic oxidation sites excluding steroid dienone is 2. The van der Waals surface area contributed by atoms with E-state index in [1.54, 1.807) is 12.1 Å². The fraction of sp³-hybridized carbons (Fsp3) is 0.194. The van der Waals surface area contributed by atoms with E-state index in [2.05, 4.69) is 94.2 Å². The summed E-state index contributed by atoms with van der Waals surface area (Å²) in [6.07, 6.45) is 1.81. The van der Waals surface area contributed by atoms with E-state index in [4.69, 9.17) is 0 Å². The number of carbonyl (C=O) groups is 1. The minimum Gasteiger partial charge on any atom is -0.478 e. The highest BCUT2D eigenvalue weighted by Crippen LogP contribution is 2.28. The van der Waals surface area contributed by atoms with Gasteiger partial charge in [-0.3, -0.25) is 0 Å². The van der Waals surface area contributed by atoms with Gasteiger partial charge in [0.15, 0.2) is 0 Å². The van der Waals surface area contributed by atoms with Crippen molar-refractivity contribution in [3.05, 3.63) is 142 Å². The molecule has 0 spiro atoms. The van der Waals surface area contributed by atoms with Crippen LogP contribution in [0, 0.1) is 6.92 Å². The van der Waals surface area contributed by atoms with Crippen LogP contribution in [0.4, 0.5) is 0 Å². The van der Waals surface area contributed by atoms with Gasteiger partial charge in [-0.05, 0) is 97.2 Å². The van der Waals surface area contributed by atoms with E-state index in [9.17, 15) is 9.90 Å². The van der Waals surface area contributed by atoms with E-state index >= 15 is 0 Å². The van der Waals surface area contributed by atoms with Crippen molar-refractivity contribution in [3.63, 3.8) is 0 Å². The Hall–Kier alpha value is -4.37. The summed E-state index contributed by atoms with van der Waals surface area (Å²) in [5.41, 5.74) is 12.9. The highest BCUT2D eigenvalue weighted by molar-refractivity contribution is 5.96. The summed E-state index contributed by atoms with van der Waals surface area (Å²) in [4.78, 5) is 11.6. The Morgan fingerprint density at radius 1 is 0.795 bits per heavy atom. The Morgan fingerprint density at radius 2 is 1.54 bits per heavy atom. The zero-order valence-corrected chi connectivity index (χ0v) is 23.3. The van der Waals surface area contributed by atoms with Gasteiger partial charge in [0.05, 0.1) is 5.56 Å². The van der Waals surface area contributed by atoms with Crippen molar-refractivity contribution >= 4 is 17.2 Å². The first-order valence-electron chi connectivity index (χ1n) is 13.4. The number of carboxylic acids is 1. The van der Waals surface area contributed by atoms with Crippen LogP contribution in [-0.2, 0) is 19.4 Å². The van der Waals surface area contributed by atoms with Gasteiger partial charge in [-0.2, -0.15) is 0 Å². The van der Waals surface area contributed by atoms with Gasteiger partial charge in [0, 0.05) is 12.2 Å². The summed E-state index contributed by atoms with van der Waals surface area (Å²) in [5, 5.41) is 13.0. The van der Waals surface area contributed by atoms with Crippen LogP contribution in [0.5, 0.6) is 0 Å². The minimum absolute atomic E-state index is 0.321. The Bertz CT molecular complexity index is 1520. The van der Waals surface area contributed by atoms with Crippen molar-refractivity contribution in [2.45, 2.75) is 47.1 Å². The van der Waals surface area contributed by atoms with Gasteiger partial charge in [0.1, 0.15) is 0 Å². The molecule has 0 radical (unpaired) electrons. The maximum atomic E-state index is 11.6. The Labute approximate surface area is 232 Å². The number of aryl methyl sites for hydroxylation is 3. The van der Waals surface area contributed by atoms with E-state index in [0.29, 0.717) is 5.56 Å². The van der Waals surface area contributed by atoms with E-state index in [1.807, 2.05) is 24.3 Å². The number of carboxylic acid groups (broad SMARTS) is 1. The van der Waals surface area contributed by atoms with Crippen LogP contribution in [0.15, 0.2) is 103 Å². The van der Waals surface area contributed by atoms with Gasteiger partial charge in [-0.1, -0.05) is 96.6 Å². The molecule has 0 aliphatic rings. The van der Waals surface area contributed by atoms with Crippen LogP contribution in [-0.4, -0.2) is 11.1 Å². The minimum atomic E-state index is -0.909. The third-order valence-corrected chi connectivity index (χ3v) is 7.31. The third kappa shape index (κ3) is 6.94. The SMILES string of the molecule is C=C(NCc1cccc(C)c1)c1ccc(CCc2ccc(-c3ccccc3C(=O)O)cc2)c(C(C)=C(C)C)c1. The molecule has 4 aromatic rings. The summed E-state index contributed by atoms with van der Waals surface area (Å²) in [7, 11) is 0. The molecule has 4 aromatic carbocycles. The van der Waals surface area contributed by atoms with Crippen molar-refractivity contribution in [3.8, 4) is 11.1 Å². The van der Waals surface area contributed by atoms with E-state index in [-0.39, 0.29) is 0 Å². The van der Waals surface area contributed by atoms with Gasteiger partial charge in [-0.15, -0.1) is 0 Å². The normalized spacial score (nSPS) is 10.7. The van der Waals surface area contributed by atoms with Crippen LogP contribution in [0.1, 0.15) is 64.5 Å². The fourth-order valence-corrected chi connectivity index (χ4v) is 4.78. The predicted molar refractivity (Wildman–Crippen MR) is 164 cm³/mol. The highest BCUT2D eigenvalue weighted by Gasteiger charge is 2.12. The molecule has 3 nitrogen and oxygen atoms in total. The average molecular weight is 516 g/mol. The largest absolute Gasteiger partial charge is 0.478 e. The van der Waals surface area contributed by atoms with E-state index in [1.165, 1.54) is 39.0 Å². The second-order valence-corrected chi connectivity index (χ2v) is 10.4. The van der Waals surface area contributed by atoms with Crippen molar-refractivity contribution in [1.82, 2.24) is 5.32 Å². The van der Waals surface area contributed by atoms with Crippen LogP contribution in [0.2, 0.25) is 0 Å². The number of aromatic carboxylic acids is 1. The number of nitrogens with one attached hydrogen (secondary N) is 1. The highest BCUT2D eigenvalue weighted by atomic mass is 16.4. The molecule has 2 N–H and O–H groups in total. The van der Waals surface area contributed by atoms with Crippen molar-refractivity contribution < 1.29 is 9.90 Å². The quantitative estimate of drug-likeness (QED) is 0.222. The molecule has 4 rings (SSSR count).